The van der Waals surface area contributed by atoms with Crippen LogP contribution in [-0.2, 0) is 22.6 Å². The molecular formula is C20H17F3O5S. The topological polar surface area (TPSA) is 61.8 Å². The van der Waals surface area contributed by atoms with E-state index in [0.717, 1.165) is 0 Å². The molecule has 154 valence electrons. The minimum atomic E-state index is -4.82. The Kier molecular flexibility index (Phi) is 5.79. The number of carbonyl (C=O) groups is 2. The Labute approximate surface area is 169 Å². The monoisotopic (exact) mass is 426 g/mol. The van der Waals surface area contributed by atoms with Gasteiger partial charge in [0.25, 0.3) is 0 Å². The van der Waals surface area contributed by atoms with E-state index in [2.05, 4.69) is 0 Å². The second-order valence-corrected chi connectivity index (χ2v) is 7.67. The Bertz CT molecular complexity index is 930. The molecule has 3 rings (SSSR count). The summed E-state index contributed by atoms with van der Waals surface area (Å²) in [6.07, 6.45) is -0.459. The third-order valence-electron chi connectivity index (χ3n) is 4.49. The van der Waals surface area contributed by atoms with E-state index in [0.29, 0.717) is 5.56 Å². The van der Waals surface area contributed by atoms with Crippen LogP contribution in [0.1, 0.15) is 21.5 Å². The number of hydrogen-bond donors (Lipinski definition) is 0. The maximum atomic E-state index is 13.3. The van der Waals surface area contributed by atoms with E-state index in [1.807, 2.05) is 0 Å². The smallest absolute Gasteiger partial charge is 0.443 e. The number of ether oxygens (including phenoxy) is 3. The molecule has 9 heteroatoms. The van der Waals surface area contributed by atoms with Gasteiger partial charge < -0.3 is 14.2 Å². The average molecular weight is 426 g/mol. The van der Waals surface area contributed by atoms with Crippen LogP contribution in [0.3, 0.4) is 0 Å². The highest BCUT2D eigenvalue weighted by molar-refractivity contribution is 8.03. The minimum absolute atomic E-state index is 0.0175. The van der Waals surface area contributed by atoms with Gasteiger partial charge >= 0.3 is 11.5 Å². The molecule has 0 fully saturated rings. The first-order valence-corrected chi connectivity index (χ1v) is 9.29. The first-order valence-electron chi connectivity index (χ1n) is 8.48. The number of hydrogen-bond acceptors (Lipinski definition) is 6. The molecule has 1 aliphatic carbocycles. The van der Waals surface area contributed by atoms with Gasteiger partial charge in [-0.2, -0.15) is 13.2 Å². The molecule has 1 atom stereocenters. The molecule has 0 amide bonds. The molecule has 2 aromatic rings. The molecule has 29 heavy (non-hydrogen) atoms. The molecule has 0 aromatic heterocycles. The zero-order valence-corrected chi connectivity index (χ0v) is 16.4. The number of carbonyl (C=O) groups excluding carboxylic acids is 2. The van der Waals surface area contributed by atoms with Gasteiger partial charge in [-0.3, -0.25) is 9.59 Å². The first-order chi connectivity index (χ1) is 13.7. The summed E-state index contributed by atoms with van der Waals surface area (Å²) in [5.74, 6) is -1.76. The molecule has 0 heterocycles. The van der Waals surface area contributed by atoms with Crippen LogP contribution in [0, 0.1) is 0 Å². The molecule has 0 saturated carbocycles. The first kappa shape index (κ1) is 21.0. The Morgan fingerprint density at radius 2 is 1.72 bits per heavy atom. The molecular weight excluding hydrogens is 409 g/mol. The van der Waals surface area contributed by atoms with E-state index >= 15 is 0 Å². The number of benzene rings is 2. The number of ketones is 1. The molecule has 0 aliphatic heterocycles. The van der Waals surface area contributed by atoms with Crippen molar-refractivity contribution in [1.82, 2.24) is 0 Å². The summed E-state index contributed by atoms with van der Waals surface area (Å²) < 4.78 is 52.9. The van der Waals surface area contributed by atoms with Gasteiger partial charge in [-0.05, 0) is 35.0 Å². The summed E-state index contributed by atoms with van der Waals surface area (Å²) in [7, 11) is 2.71. The summed E-state index contributed by atoms with van der Waals surface area (Å²) in [5.41, 5.74) is -3.98. The van der Waals surface area contributed by atoms with Crippen molar-refractivity contribution in [3.05, 3.63) is 59.2 Å². The Morgan fingerprint density at radius 3 is 2.31 bits per heavy atom. The standard InChI is InChI=1S/C20H17F3O5S/c1-26-15-8-13-10-19(29-20(21,22)23,17(24)14(13)9-16(15)27-2)18(25)28-11-12-6-4-3-5-7-12/h3-9H,10-11H2,1-2H3/t19-/m1/s1. The Hall–Kier alpha value is -2.68. The molecule has 1 aliphatic rings. The van der Waals surface area contributed by atoms with Crippen LogP contribution in [0.15, 0.2) is 42.5 Å². The van der Waals surface area contributed by atoms with Crippen molar-refractivity contribution >= 4 is 23.5 Å². The van der Waals surface area contributed by atoms with Gasteiger partial charge in [0.1, 0.15) is 6.61 Å². The number of rotatable bonds is 6. The van der Waals surface area contributed by atoms with Gasteiger partial charge in [-0.1, -0.05) is 30.3 Å². The molecule has 0 N–H and O–H groups in total. The van der Waals surface area contributed by atoms with E-state index < -0.39 is 40.2 Å². The number of halogens is 3. The number of alkyl halides is 3. The number of methoxy groups -OCH3 is 2. The molecule has 0 bridgehead atoms. The maximum Gasteiger partial charge on any atom is 0.443 e. The van der Waals surface area contributed by atoms with E-state index in [-0.39, 0.29) is 29.2 Å². The predicted octanol–water partition coefficient (Wildman–Crippen LogP) is 4.18. The lowest BCUT2D eigenvalue weighted by atomic mass is 10.0. The van der Waals surface area contributed by atoms with Crippen LogP contribution >= 0.6 is 11.8 Å². The van der Waals surface area contributed by atoms with Crippen LogP contribution in [0.2, 0.25) is 0 Å². The van der Waals surface area contributed by atoms with Gasteiger partial charge in [-0.25, -0.2) is 0 Å². The van der Waals surface area contributed by atoms with E-state index in [4.69, 9.17) is 14.2 Å². The highest BCUT2D eigenvalue weighted by Crippen LogP contribution is 2.50. The van der Waals surface area contributed by atoms with Crippen LogP contribution < -0.4 is 9.47 Å². The summed E-state index contributed by atoms with van der Waals surface area (Å²) in [4.78, 5) is 25.8. The highest BCUT2D eigenvalue weighted by Gasteiger charge is 2.59. The normalized spacial score (nSPS) is 18.3. The van der Waals surface area contributed by atoms with Crippen LogP contribution in [0.25, 0.3) is 0 Å². The fraction of sp³-hybridized carbons (Fsp3) is 0.300. The van der Waals surface area contributed by atoms with Gasteiger partial charge in [0, 0.05) is 12.0 Å². The molecule has 5 nitrogen and oxygen atoms in total. The van der Waals surface area contributed by atoms with Crippen molar-refractivity contribution in [2.75, 3.05) is 14.2 Å². The molecule has 0 saturated heterocycles. The molecule has 0 spiro atoms. The fourth-order valence-corrected chi connectivity index (χ4v) is 4.14. The number of esters is 1. The number of fused-ring (bicyclic) bond motifs is 1. The SMILES string of the molecule is COc1cc2c(cc1OC)C(=O)[C@@](SC(F)(F)F)(C(=O)OCc1ccccc1)C2. The molecule has 0 unspecified atom stereocenters. The van der Waals surface area contributed by atoms with Crippen molar-refractivity contribution in [2.45, 2.75) is 23.3 Å². The summed E-state index contributed by atoms with van der Waals surface area (Å²) in [6, 6.07) is 11.2. The van der Waals surface area contributed by atoms with Crippen molar-refractivity contribution in [2.24, 2.45) is 0 Å². The second kappa shape index (κ2) is 7.98. The zero-order chi connectivity index (χ0) is 21.2. The van der Waals surface area contributed by atoms with E-state index in [1.54, 1.807) is 30.3 Å². The van der Waals surface area contributed by atoms with E-state index in [1.165, 1.54) is 26.4 Å². The summed E-state index contributed by atoms with van der Waals surface area (Å²) in [6.45, 7) is -0.240. The molecule has 0 radical (unpaired) electrons. The second-order valence-electron chi connectivity index (χ2n) is 6.31. The predicted molar refractivity (Wildman–Crippen MR) is 100 cm³/mol. The average Bonchev–Trinajstić information content (AvgIpc) is 2.96. The quantitative estimate of drug-likeness (QED) is 0.510. The third kappa shape index (κ3) is 4.19. The number of thioether (sulfide) groups is 1. The lowest BCUT2D eigenvalue weighted by Gasteiger charge is -2.25. The zero-order valence-electron chi connectivity index (χ0n) is 15.5. The lowest BCUT2D eigenvalue weighted by molar-refractivity contribution is -0.146. The van der Waals surface area contributed by atoms with Gasteiger partial charge in [0.05, 0.1) is 14.2 Å². The fourth-order valence-electron chi connectivity index (χ4n) is 3.17. The summed E-state index contributed by atoms with van der Waals surface area (Å²) >= 11 is -0.659. The van der Waals surface area contributed by atoms with Crippen LogP contribution in [0.5, 0.6) is 11.5 Å². The third-order valence-corrected chi connectivity index (χ3v) is 5.57. The van der Waals surface area contributed by atoms with Gasteiger partial charge in [0.15, 0.2) is 22.0 Å². The largest absolute Gasteiger partial charge is 0.493 e. The minimum Gasteiger partial charge on any atom is -0.493 e. The van der Waals surface area contributed by atoms with E-state index in [9.17, 15) is 22.8 Å². The highest BCUT2D eigenvalue weighted by atomic mass is 32.2. The van der Waals surface area contributed by atoms with Gasteiger partial charge in [-0.15, -0.1) is 0 Å². The summed E-state index contributed by atoms with van der Waals surface area (Å²) in [5, 5.41) is 0. The van der Waals surface area contributed by atoms with Crippen LogP contribution in [-0.4, -0.2) is 36.2 Å². The van der Waals surface area contributed by atoms with Crippen molar-refractivity contribution in [3.8, 4) is 11.5 Å². The Balaban J connectivity index is 1.96. The number of Topliss-reactive ketones (excluding diaryl/α,β-unsaturated/α-hetero) is 1. The van der Waals surface area contributed by atoms with Gasteiger partial charge in [0.2, 0.25) is 0 Å². The van der Waals surface area contributed by atoms with Crippen molar-refractivity contribution in [3.63, 3.8) is 0 Å². The Morgan fingerprint density at radius 1 is 1.10 bits per heavy atom. The van der Waals surface area contributed by atoms with Crippen molar-refractivity contribution < 1.29 is 37.0 Å². The van der Waals surface area contributed by atoms with Crippen molar-refractivity contribution in [1.29, 1.82) is 0 Å². The molecule has 2 aromatic carbocycles. The maximum absolute atomic E-state index is 13.3. The van der Waals surface area contributed by atoms with Crippen LogP contribution in [0.4, 0.5) is 13.2 Å². The lowest BCUT2D eigenvalue weighted by Crippen LogP contribution is -2.45.